The van der Waals surface area contributed by atoms with Crippen LogP contribution in [-0.4, -0.2) is 35.2 Å². The first-order valence-corrected chi connectivity index (χ1v) is 5.62. The van der Waals surface area contributed by atoms with Crippen LogP contribution in [0.3, 0.4) is 0 Å². The average molecular weight is 229 g/mol. The quantitative estimate of drug-likeness (QED) is 0.650. The van der Waals surface area contributed by atoms with E-state index >= 15 is 0 Å². The lowest BCUT2D eigenvalue weighted by Gasteiger charge is -2.04. The third-order valence-electron chi connectivity index (χ3n) is 1.70. The number of hydrogen-bond donors (Lipinski definition) is 3. The Balaban J connectivity index is 2.50. The Bertz CT molecular complexity index is 325. The van der Waals surface area contributed by atoms with Crippen LogP contribution in [0.5, 0.6) is 0 Å². The molecule has 0 fully saturated rings. The van der Waals surface area contributed by atoms with Crippen LogP contribution in [0.4, 0.5) is 0 Å². The number of rotatable bonds is 5. The van der Waals surface area contributed by atoms with Crippen molar-refractivity contribution in [2.24, 2.45) is 5.73 Å². The van der Waals surface area contributed by atoms with Gasteiger partial charge in [0.2, 0.25) is 0 Å². The summed E-state index contributed by atoms with van der Waals surface area (Å²) in [5, 5.41) is 14.1. The molecule has 1 aromatic rings. The summed E-state index contributed by atoms with van der Waals surface area (Å²) in [7, 11) is 0. The van der Waals surface area contributed by atoms with Gasteiger partial charge in [0.05, 0.1) is 11.1 Å². The Kier molecular flexibility index (Phi) is 4.67. The molecule has 1 rings (SSSR count). The number of aliphatic hydroxyl groups is 1. The summed E-state index contributed by atoms with van der Waals surface area (Å²) in [6.45, 7) is 2.38. The molecular formula is C9H15N3O2S. The van der Waals surface area contributed by atoms with Crippen LogP contribution >= 0.6 is 11.3 Å². The lowest BCUT2D eigenvalue weighted by atomic mass is 10.4. The van der Waals surface area contributed by atoms with E-state index in [2.05, 4.69) is 10.3 Å². The number of carbonyl (C=O) groups excluding carboxylic acids is 1. The minimum absolute atomic E-state index is 0.239. The molecular weight excluding hydrogens is 214 g/mol. The van der Waals surface area contributed by atoms with Crippen LogP contribution in [-0.2, 0) is 6.42 Å². The van der Waals surface area contributed by atoms with Crippen LogP contribution in [0.15, 0.2) is 5.38 Å². The maximum atomic E-state index is 11.5. The fraction of sp³-hybridized carbons (Fsp3) is 0.556. The third kappa shape index (κ3) is 3.94. The molecule has 0 spiro atoms. The van der Waals surface area contributed by atoms with E-state index in [4.69, 9.17) is 10.8 Å². The number of aromatic nitrogens is 1. The van der Waals surface area contributed by atoms with Crippen LogP contribution in [0, 0.1) is 0 Å². The molecule has 0 aliphatic rings. The monoisotopic (exact) mass is 229 g/mol. The van der Waals surface area contributed by atoms with Crippen LogP contribution in [0.1, 0.15) is 22.4 Å². The standard InChI is InChI=1S/C9H15N3O2S/c1-6(13)4-11-9(14)7-5-15-8(12-7)2-3-10/h5-6,13H,2-4,10H2,1H3,(H,11,14)/t6-/m0/s1. The second-order valence-corrected chi connectivity index (χ2v) is 4.17. The predicted octanol–water partition coefficient (Wildman–Crippen LogP) is -0.245. The number of nitrogens with zero attached hydrogens (tertiary/aromatic N) is 1. The molecule has 1 atom stereocenters. The topological polar surface area (TPSA) is 88.2 Å². The molecule has 0 aliphatic carbocycles. The number of amides is 1. The van der Waals surface area contributed by atoms with Gasteiger partial charge in [0.15, 0.2) is 0 Å². The number of thiazole rings is 1. The van der Waals surface area contributed by atoms with E-state index in [1.54, 1.807) is 12.3 Å². The molecule has 6 heteroatoms. The van der Waals surface area contributed by atoms with Crippen molar-refractivity contribution >= 4 is 17.2 Å². The largest absolute Gasteiger partial charge is 0.392 e. The van der Waals surface area contributed by atoms with Gasteiger partial charge >= 0.3 is 0 Å². The zero-order valence-corrected chi connectivity index (χ0v) is 9.38. The van der Waals surface area contributed by atoms with Gasteiger partial charge in [-0.25, -0.2) is 4.98 Å². The SMILES string of the molecule is C[C@H](O)CNC(=O)c1csc(CCN)n1. The summed E-state index contributed by atoms with van der Waals surface area (Å²) in [4.78, 5) is 15.6. The van der Waals surface area contributed by atoms with Crippen molar-refractivity contribution in [3.05, 3.63) is 16.1 Å². The zero-order valence-electron chi connectivity index (χ0n) is 8.56. The summed E-state index contributed by atoms with van der Waals surface area (Å²) < 4.78 is 0. The molecule has 0 radical (unpaired) electrons. The molecule has 0 saturated carbocycles. The zero-order chi connectivity index (χ0) is 11.3. The molecule has 4 N–H and O–H groups in total. The summed E-state index contributed by atoms with van der Waals surface area (Å²) in [6.07, 6.45) is 0.144. The van der Waals surface area contributed by atoms with Crippen molar-refractivity contribution < 1.29 is 9.90 Å². The minimum Gasteiger partial charge on any atom is -0.392 e. The second kappa shape index (κ2) is 5.79. The summed E-state index contributed by atoms with van der Waals surface area (Å²) >= 11 is 1.42. The summed E-state index contributed by atoms with van der Waals surface area (Å²) in [5.41, 5.74) is 5.77. The first kappa shape index (κ1) is 12.1. The predicted molar refractivity (Wildman–Crippen MR) is 58.9 cm³/mol. The Labute approximate surface area is 92.3 Å². The van der Waals surface area contributed by atoms with Gasteiger partial charge in [-0.05, 0) is 13.5 Å². The number of hydrogen-bond acceptors (Lipinski definition) is 5. The average Bonchev–Trinajstić information content (AvgIpc) is 2.63. The molecule has 15 heavy (non-hydrogen) atoms. The minimum atomic E-state index is -0.545. The van der Waals surface area contributed by atoms with E-state index in [1.807, 2.05) is 0 Å². The molecule has 0 saturated heterocycles. The molecule has 0 aliphatic heterocycles. The van der Waals surface area contributed by atoms with E-state index in [0.29, 0.717) is 18.7 Å². The Morgan fingerprint density at radius 3 is 3.13 bits per heavy atom. The van der Waals surface area contributed by atoms with Gasteiger partial charge in [0, 0.05) is 18.3 Å². The van der Waals surface area contributed by atoms with Gasteiger partial charge in [-0.15, -0.1) is 11.3 Å². The van der Waals surface area contributed by atoms with Crippen LogP contribution < -0.4 is 11.1 Å². The van der Waals surface area contributed by atoms with E-state index in [1.165, 1.54) is 11.3 Å². The van der Waals surface area contributed by atoms with Gasteiger partial charge in [-0.1, -0.05) is 0 Å². The number of nitrogens with one attached hydrogen (secondary N) is 1. The van der Waals surface area contributed by atoms with E-state index in [9.17, 15) is 4.79 Å². The highest BCUT2D eigenvalue weighted by atomic mass is 32.1. The molecule has 84 valence electrons. The van der Waals surface area contributed by atoms with E-state index in [-0.39, 0.29) is 12.5 Å². The Morgan fingerprint density at radius 2 is 2.53 bits per heavy atom. The maximum Gasteiger partial charge on any atom is 0.270 e. The first-order valence-electron chi connectivity index (χ1n) is 4.74. The number of carbonyl (C=O) groups is 1. The van der Waals surface area contributed by atoms with Crippen LogP contribution in [0.25, 0.3) is 0 Å². The molecule has 0 bridgehead atoms. The Hall–Kier alpha value is -0.980. The van der Waals surface area contributed by atoms with Crippen molar-refractivity contribution in [2.75, 3.05) is 13.1 Å². The summed E-state index contributed by atoms with van der Waals surface area (Å²) in [6, 6.07) is 0. The molecule has 1 amide bonds. The van der Waals surface area contributed by atoms with Gasteiger partial charge < -0.3 is 16.2 Å². The fourth-order valence-electron chi connectivity index (χ4n) is 0.984. The second-order valence-electron chi connectivity index (χ2n) is 3.22. The van der Waals surface area contributed by atoms with E-state index in [0.717, 1.165) is 5.01 Å². The van der Waals surface area contributed by atoms with Crippen molar-refractivity contribution in [3.8, 4) is 0 Å². The molecule has 0 aromatic carbocycles. The smallest absolute Gasteiger partial charge is 0.270 e. The first-order chi connectivity index (χ1) is 7.13. The van der Waals surface area contributed by atoms with Gasteiger partial charge in [0.25, 0.3) is 5.91 Å². The fourth-order valence-corrected chi connectivity index (χ4v) is 1.78. The van der Waals surface area contributed by atoms with Gasteiger partial charge in [-0.3, -0.25) is 4.79 Å². The highest BCUT2D eigenvalue weighted by Gasteiger charge is 2.10. The van der Waals surface area contributed by atoms with Gasteiger partial charge in [0.1, 0.15) is 5.69 Å². The normalized spacial score (nSPS) is 12.5. The maximum absolute atomic E-state index is 11.5. The van der Waals surface area contributed by atoms with Crippen molar-refractivity contribution in [3.63, 3.8) is 0 Å². The van der Waals surface area contributed by atoms with Crippen molar-refractivity contribution in [1.82, 2.24) is 10.3 Å². The molecule has 1 heterocycles. The number of aliphatic hydroxyl groups excluding tert-OH is 1. The van der Waals surface area contributed by atoms with Gasteiger partial charge in [-0.2, -0.15) is 0 Å². The van der Waals surface area contributed by atoms with Crippen molar-refractivity contribution in [2.45, 2.75) is 19.4 Å². The lowest BCUT2D eigenvalue weighted by Crippen LogP contribution is -2.30. The lowest BCUT2D eigenvalue weighted by molar-refractivity contribution is 0.0919. The Morgan fingerprint density at radius 1 is 1.80 bits per heavy atom. The summed E-state index contributed by atoms with van der Waals surface area (Å²) in [5.74, 6) is -0.254. The highest BCUT2D eigenvalue weighted by Crippen LogP contribution is 2.09. The highest BCUT2D eigenvalue weighted by molar-refractivity contribution is 7.09. The number of nitrogens with two attached hydrogens (primary N) is 1. The third-order valence-corrected chi connectivity index (χ3v) is 2.61. The van der Waals surface area contributed by atoms with Crippen molar-refractivity contribution in [1.29, 1.82) is 0 Å². The molecule has 0 unspecified atom stereocenters. The molecule has 5 nitrogen and oxygen atoms in total. The molecule has 1 aromatic heterocycles. The van der Waals surface area contributed by atoms with E-state index < -0.39 is 6.10 Å². The van der Waals surface area contributed by atoms with Crippen LogP contribution in [0.2, 0.25) is 0 Å².